The molecule has 0 radical (unpaired) electrons. The van der Waals surface area contributed by atoms with E-state index in [2.05, 4.69) is 40.8 Å². The van der Waals surface area contributed by atoms with Crippen LogP contribution in [0.1, 0.15) is 52.3 Å². The molecule has 2 heterocycles. The number of esters is 2. The molecule has 3 rings (SSSR count). The van der Waals surface area contributed by atoms with Gasteiger partial charge in [0.25, 0.3) is 0 Å². The zero-order valence-electron chi connectivity index (χ0n) is 19.6. The fourth-order valence-electron chi connectivity index (χ4n) is 3.16. The molecule has 9 nitrogen and oxygen atoms in total. The van der Waals surface area contributed by atoms with E-state index < -0.39 is 11.9 Å². The second-order valence-corrected chi connectivity index (χ2v) is 9.41. The topological polar surface area (TPSA) is 112 Å². The van der Waals surface area contributed by atoms with Crippen molar-refractivity contribution in [1.82, 2.24) is 14.8 Å². The molecular weight excluding hydrogens is 476 g/mol. The highest BCUT2D eigenvalue weighted by molar-refractivity contribution is 7.99. The van der Waals surface area contributed by atoms with Gasteiger partial charge in [0, 0.05) is 22.4 Å². The first-order valence-electron chi connectivity index (χ1n) is 10.5. The molecule has 0 fully saturated rings. The number of amides is 1. The number of benzene rings is 1. The van der Waals surface area contributed by atoms with Gasteiger partial charge in [-0.1, -0.05) is 25.6 Å². The Kier molecular flexibility index (Phi) is 8.46. The van der Waals surface area contributed by atoms with Crippen molar-refractivity contribution < 1.29 is 23.9 Å². The molecule has 0 bridgehead atoms. The van der Waals surface area contributed by atoms with Gasteiger partial charge in [-0.05, 0) is 37.1 Å². The van der Waals surface area contributed by atoms with Crippen LogP contribution in [0.4, 0.5) is 5.69 Å². The summed E-state index contributed by atoms with van der Waals surface area (Å²) in [5.74, 6) is -0.372. The summed E-state index contributed by atoms with van der Waals surface area (Å²) in [5.41, 5.74) is 1.50. The van der Waals surface area contributed by atoms with Crippen LogP contribution in [0.25, 0.3) is 11.4 Å². The number of hydrogen-bond acceptors (Lipinski definition) is 9. The van der Waals surface area contributed by atoms with Crippen molar-refractivity contribution in [2.45, 2.75) is 38.4 Å². The zero-order chi connectivity index (χ0) is 24.8. The van der Waals surface area contributed by atoms with Gasteiger partial charge in [0.1, 0.15) is 0 Å². The summed E-state index contributed by atoms with van der Waals surface area (Å²) in [6, 6.07) is 6.35. The van der Waals surface area contributed by atoms with E-state index in [9.17, 15) is 14.4 Å². The van der Waals surface area contributed by atoms with E-state index in [0.29, 0.717) is 17.6 Å². The van der Waals surface area contributed by atoms with Crippen LogP contribution in [0.2, 0.25) is 0 Å². The lowest BCUT2D eigenvalue weighted by Gasteiger charge is -2.11. The van der Waals surface area contributed by atoms with Crippen LogP contribution in [0.15, 0.2) is 34.8 Å². The highest BCUT2D eigenvalue weighted by Gasteiger charge is 2.19. The Morgan fingerprint density at radius 3 is 2.47 bits per heavy atom. The maximum absolute atomic E-state index is 12.7. The van der Waals surface area contributed by atoms with E-state index >= 15 is 0 Å². The Morgan fingerprint density at radius 1 is 1.12 bits per heavy atom. The number of aromatic nitrogens is 3. The fourth-order valence-corrected chi connectivity index (χ4v) is 4.87. The number of ether oxygens (including phenoxy) is 2. The van der Waals surface area contributed by atoms with E-state index in [1.54, 1.807) is 11.3 Å². The first-order chi connectivity index (χ1) is 16.3. The molecule has 0 aliphatic carbocycles. The predicted octanol–water partition coefficient (Wildman–Crippen LogP) is 4.45. The van der Waals surface area contributed by atoms with Gasteiger partial charge in [-0.15, -0.1) is 21.5 Å². The quantitative estimate of drug-likeness (QED) is 0.337. The summed E-state index contributed by atoms with van der Waals surface area (Å²) >= 11 is 2.92. The lowest BCUT2D eigenvalue weighted by molar-refractivity contribution is -0.113. The molecule has 0 aliphatic heterocycles. The minimum absolute atomic E-state index is 0.0298. The number of thiophene rings is 1. The average Bonchev–Trinajstić information content (AvgIpc) is 3.48. The average molecular weight is 503 g/mol. The van der Waals surface area contributed by atoms with Crippen LogP contribution in [0, 0.1) is 0 Å². The van der Waals surface area contributed by atoms with Gasteiger partial charge >= 0.3 is 11.9 Å². The van der Waals surface area contributed by atoms with Gasteiger partial charge in [-0.2, -0.15) is 0 Å². The van der Waals surface area contributed by atoms with E-state index in [-0.39, 0.29) is 28.5 Å². The Bertz CT molecular complexity index is 1200. The minimum atomic E-state index is -0.633. The Hall–Kier alpha value is -3.18. The van der Waals surface area contributed by atoms with Crippen molar-refractivity contribution >= 4 is 46.6 Å². The number of anilines is 1. The fraction of sp³-hybridized carbons (Fsp3) is 0.348. The molecule has 180 valence electrons. The molecule has 1 N–H and O–H groups in total. The maximum Gasteiger partial charge on any atom is 0.339 e. The largest absolute Gasteiger partial charge is 0.465 e. The Morgan fingerprint density at radius 2 is 1.85 bits per heavy atom. The van der Waals surface area contributed by atoms with E-state index in [1.807, 2.05) is 11.5 Å². The summed E-state index contributed by atoms with van der Waals surface area (Å²) in [6.45, 7) is 6.93. The summed E-state index contributed by atoms with van der Waals surface area (Å²) in [7, 11) is 2.49. The van der Waals surface area contributed by atoms with Gasteiger partial charge in [-0.25, -0.2) is 9.59 Å². The molecule has 0 atom stereocenters. The van der Waals surface area contributed by atoms with E-state index in [1.165, 1.54) is 49.1 Å². The van der Waals surface area contributed by atoms with Crippen LogP contribution in [0.5, 0.6) is 0 Å². The molecule has 34 heavy (non-hydrogen) atoms. The first kappa shape index (κ1) is 25.4. The van der Waals surface area contributed by atoms with Gasteiger partial charge in [-0.3, -0.25) is 4.79 Å². The Balaban J connectivity index is 1.76. The third-order valence-corrected chi connectivity index (χ3v) is 7.13. The van der Waals surface area contributed by atoms with Crippen molar-refractivity contribution in [1.29, 1.82) is 0 Å². The van der Waals surface area contributed by atoms with Crippen molar-refractivity contribution in [3.63, 3.8) is 0 Å². The van der Waals surface area contributed by atoms with Gasteiger partial charge in [0.05, 0.1) is 36.8 Å². The van der Waals surface area contributed by atoms with Gasteiger partial charge < -0.3 is 19.4 Å². The van der Waals surface area contributed by atoms with Crippen molar-refractivity contribution in [2.24, 2.45) is 0 Å². The molecule has 0 saturated heterocycles. The van der Waals surface area contributed by atoms with Crippen LogP contribution < -0.4 is 5.32 Å². The maximum atomic E-state index is 12.7. The number of rotatable bonds is 9. The molecule has 2 aromatic heterocycles. The molecule has 0 spiro atoms. The molecule has 0 unspecified atom stereocenters. The van der Waals surface area contributed by atoms with Crippen LogP contribution in [-0.4, -0.2) is 52.6 Å². The second-order valence-electron chi connectivity index (χ2n) is 7.52. The van der Waals surface area contributed by atoms with Crippen LogP contribution in [-0.2, 0) is 20.8 Å². The number of carbonyl (C=O) groups is 3. The molecule has 11 heteroatoms. The smallest absolute Gasteiger partial charge is 0.339 e. The number of methoxy groups -OCH3 is 2. The summed E-state index contributed by atoms with van der Waals surface area (Å²) in [4.78, 5) is 37.9. The normalized spacial score (nSPS) is 10.9. The van der Waals surface area contributed by atoms with Crippen LogP contribution in [0.3, 0.4) is 0 Å². The van der Waals surface area contributed by atoms with Crippen molar-refractivity contribution in [3.05, 3.63) is 45.6 Å². The highest BCUT2D eigenvalue weighted by Crippen LogP contribution is 2.31. The lowest BCUT2D eigenvalue weighted by Crippen LogP contribution is -2.18. The third-order valence-electron chi connectivity index (χ3n) is 4.93. The molecule has 0 aliphatic rings. The third kappa shape index (κ3) is 5.65. The Labute approximate surface area is 205 Å². The van der Waals surface area contributed by atoms with Gasteiger partial charge in [0.15, 0.2) is 11.0 Å². The molecule has 0 saturated carbocycles. The second kappa shape index (κ2) is 11.3. The number of nitrogens with one attached hydrogen (secondary N) is 1. The van der Waals surface area contributed by atoms with Crippen molar-refractivity contribution in [2.75, 3.05) is 25.3 Å². The number of carbonyl (C=O) groups excluding carboxylic acids is 3. The monoisotopic (exact) mass is 502 g/mol. The van der Waals surface area contributed by atoms with Gasteiger partial charge in [0.2, 0.25) is 5.91 Å². The van der Waals surface area contributed by atoms with Crippen molar-refractivity contribution in [3.8, 4) is 11.4 Å². The molecular formula is C23H26N4O5S2. The summed E-state index contributed by atoms with van der Waals surface area (Å²) in [6.07, 6.45) is 0. The zero-order valence-corrected chi connectivity index (χ0v) is 21.2. The first-order valence-corrected chi connectivity index (χ1v) is 12.4. The van der Waals surface area contributed by atoms with E-state index in [4.69, 9.17) is 9.47 Å². The number of nitrogens with zero attached hydrogens (tertiary/aromatic N) is 3. The molecule has 1 amide bonds. The lowest BCUT2D eigenvalue weighted by atomic mass is 10.1. The SMILES string of the molecule is CCn1c(SCC(=O)Nc2cc(C(=O)OC)ccc2C(=O)OC)nnc1-c1csc(C(C)C)c1. The van der Waals surface area contributed by atoms with E-state index in [0.717, 1.165) is 11.4 Å². The summed E-state index contributed by atoms with van der Waals surface area (Å²) in [5, 5.41) is 14.0. The van der Waals surface area contributed by atoms with Crippen LogP contribution >= 0.6 is 23.1 Å². The summed E-state index contributed by atoms with van der Waals surface area (Å²) < 4.78 is 11.5. The molecule has 1 aromatic carbocycles. The number of thioether (sulfide) groups is 1. The highest BCUT2D eigenvalue weighted by atomic mass is 32.2. The number of hydrogen-bond donors (Lipinski definition) is 1. The minimum Gasteiger partial charge on any atom is -0.465 e. The predicted molar refractivity (Wildman–Crippen MR) is 132 cm³/mol. The molecule has 3 aromatic rings. The standard InChI is InChI=1S/C23H26N4O5S2/c1-6-27-20(15-10-18(13(2)3)33-11-15)25-26-23(27)34-12-19(28)24-17-9-14(21(29)31-4)7-8-16(17)22(30)32-5/h7-11,13H,6,12H2,1-5H3,(H,24,28).